The topological polar surface area (TPSA) is 67.2 Å². The average Bonchev–Trinajstić information content (AvgIpc) is 3.04. The van der Waals surface area contributed by atoms with Gasteiger partial charge in [0.25, 0.3) is 0 Å². The first-order valence-corrected chi connectivity index (χ1v) is 9.64. The van der Waals surface area contributed by atoms with E-state index in [1.807, 2.05) is 56.3 Å². The van der Waals surface area contributed by atoms with Crippen LogP contribution in [0.1, 0.15) is 23.1 Å². The summed E-state index contributed by atoms with van der Waals surface area (Å²) in [6, 6.07) is 21.3. The number of carbonyl (C=O) groups is 1. The summed E-state index contributed by atoms with van der Waals surface area (Å²) in [6.07, 6.45) is 1.13. The van der Waals surface area contributed by atoms with Crippen LogP contribution in [0.15, 0.2) is 66.7 Å². The molecule has 146 valence electrons. The molecule has 2 N–H and O–H groups in total. The lowest BCUT2D eigenvalue weighted by Gasteiger charge is -2.07. The van der Waals surface area contributed by atoms with E-state index in [-0.39, 0.29) is 5.91 Å². The van der Waals surface area contributed by atoms with Crippen molar-refractivity contribution in [1.29, 1.82) is 0 Å². The molecular weight excluding hydrogens is 362 g/mol. The fraction of sp³-hybridized carbons (Fsp3) is 0.167. The zero-order valence-electron chi connectivity index (χ0n) is 16.5. The van der Waals surface area contributed by atoms with Crippen LogP contribution in [0.5, 0.6) is 0 Å². The van der Waals surface area contributed by atoms with Crippen molar-refractivity contribution in [3.05, 3.63) is 83.4 Å². The number of fused-ring (bicyclic) bond motifs is 1. The second kappa shape index (κ2) is 7.80. The molecule has 0 unspecified atom stereocenters. The van der Waals surface area contributed by atoms with Gasteiger partial charge in [0.2, 0.25) is 5.91 Å². The third-order valence-corrected chi connectivity index (χ3v) is 4.97. The van der Waals surface area contributed by atoms with Crippen molar-refractivity contribution < 1.29 is 10.0 Å². The molecule has 4 rings (SSSR count). The summed E-state index contributed by atoms with van der Waals surface area (Å²) in [4.78, 5) is 16.8. The van der Waals surface area contributed by atoms with E-state index in [4.69, 9.17) is 0 Å². The maximum absolute atomic E-state index is 12.2. The van der Waals surface area contributed by atoms with Crippen LogP contribution in [0.4, 0.5) is 5.69 Å². The van der Waals surface area contributed by atoms with Crippen molar-refractivity contribution >= 4 is 22.6 Å². The van der Waals surface area contributed by atoms with Crippen molar-refractivity contribution in [2.45, 2.75) is 26.7 Å². The predicted molar refractivity (Wildman–Crippen MR) is 115 cm³/mol. The second-order valence-corrected chi connectivity index (χ2v) is 7.35. The molecule has 0 radical (unpaired) electrons. The minimum atomic E-state index is -0.0248. The van der Waals surface area contributed by atoms with Crippen molar-refractivity contribution in [1.82, 2.24) is 9.71 Å². The molecule has 0 aliphatic heterocycles. The Balaban J connectivity index is 1.43. The van der Waals surface area contributed by atoms with Gasteiger partial charge in [-0.3, -0.25) is 4.79 Å². The van der Waals surface area contributed by atoms with Gasteiger partial charge in [-0.1, -0.05) is 35.9 Å². The highest BCUT2D eigenvalue weighted by Crippen LogP contribution is 2.25. The Bertz CT molecular complexity index is 1160. The van der Waals surface area contributed by atoms with E-state index in [1.54, 1.807) is 0 Å². The van der Waals surface area contributed by atoms with Gasteiger partial charge in [0.1, 0.15) is 5.52 Å². The molecule has 1 amide bonds. The molecule has 0 saturated heterocycles. The third kappa shape index (κ3) is 4.14. The highest BCUT2D eigenvalue weighted by atomic mass is 16.5. The number of hydrogen-bond donors (Lipinski definition) is 2. The summed E-state index contributed by atoms with van der Waals surface area (Å²) in [5, 5.41) is 13.4. The van der Waals surface area contributed by atoms with E-state index in [2.05, 4.69) is 34.6 Å². The number of anilines is 1. The molecule has 1 aromatic heterocycles. The summed E-state index contributed by atoms with van der Waals surface area (Å²) >= 11 is 0. The van der Waals surface area contributed by atoms with Crippen LogP contribution >= 0.6 is 0 Å². The number of nitrogens with one attached hydrogen (secondary N) is 1. The van der Waals surface area contributed by atoms with Crippen LogP contribution in [-0.4, -0.2) is 20.8 Å². The van der Waals surface area contributed by atoms with E-state index in [1.165, 1.54) is 5.56 Å². The first-order valence-electron chi connectivity index (χ1n) is 9.64. The number of rotatable bonds is 5. The van der Waals surface area contributed by atoms with Gasteiger partial charge in [0.15, 0.2) is 5.82 Å². The number of hydrogen-bond acceptors (Lipinski definition) is 3. The molecule has 1 heterocycles. The minimum Gasteiger partial charge on any atom is -0.426 e. The van der Waals surface area contributed by atoms with Gasteiger partial charge < -0.3 is 10.5 Å². The molecular formula is C24H23N3O2. The second-order valence-electron chi connectivity index (χ2n) is 7.35. The highest BCUT2D eigenvalue weighted by Gasteiger charge is 2.12. The SMILES string of the molecule is Cc1ccc(CCC(=O)Nc2ccc(-c3nc4ccc(C)cc4n3O)cc2)cc1. The monoisotopic (exact) mass is 385 g/mol. The van der Waals surface area contributed by atoms with Gasteiger partial charge >= 0.3 is 0 Å². The molecule has 0 atom stereocenters. The number of amides is 1. The lowest BCUT2D eigenvalue weighted by Crippen LogP contribution is -2.12. The molecule has 4 aromatic rings. The summed E-state index contributed by atoms with van der Waals surface area (Å²) in [7, 11) is 0. The molecule has 0 saturated carbocycles. The van der Waals surface area contributed by atoms with Crippen LogP contribution in [0, 0.1) is 13.8 Å². The average molecular weight is 385 g/mol. The fourth-order valence-electron chi connectivity index (χ4n) is 3.30. The van der Waals surface area contributed by atoms with Gasteiger partial charge in [0, 0.05) is 17.7 Å². The van der Waals surface area contributed by atoms with Crippen molar-refractivity contribution in [3.8, 4) is 11.4 Å². The van der Waals surface area contributed by atoms with Crippen LogP contribution in [0.3, 0.4) is 0 Å². The van der Waals surface area contributed by atoms with Crippen LogP contribution in [0.2, 0.25) is 0 Å². The van der Waals surface area contributed by atoms with E-state index >= 15 is 0 Å². The molecule has 5 heteroatoms. The number of aryl methyl sites for hydroxylation is 3. The lowest BCUT2D eigenvalue weighted by molar-refractivity contribution is -0.116. The van der Waals surface area contributed by atoms with Gasteiger partial charge in [-0.15, -0.1) is 0 Å². The first-order chi connectivity index (χ1) is 14.0. The Morgan fingerprint density at radius 3 is 2.38 bits per heavy atom. The van der Waals surface area contributed by atoms with Gasteiger partial charge in [0.05, 0.1) is 5.52 Å². The Morgan fingerprint density at radius 2 is 1.66 bits per heavy atom. The van der Waals surface area contributed by atoms with Gasteiger partial charge in [-0.25, -0.2) is 4.98 Å². The smallest absolute Gasteiger partial charge is 0.224 e. The van der Waals surface area contributed by atoms with E-state index in [9.17, 15) is 10.0 Å². The fourth-order valence-corrected chi connectivity index (χ4v) is 3.30. The molecule has 0 fully saturated rings. The summed E-state index contributed by atoms with van der Waals surface area (Å²) in [6.45, 7) is 4.02. The molecule has 0 aliphatic rings. The normalized spacial score (nSPS) is 11.0. The van der Waals surface area contributed by atoms with Crippen molar-refractivity contribution in [3.63, 3.8) is 0 Å². The number of imidazole rings is 1. The molecule has 0 spiro atoms. The zero-order valence-corrected chi connectivity index (χ0v) is 16.5. The van der Waals surface area contributed by atoms with Crippen molar-refractivity contribution in [2.75, 3.05) is 5.32 Å². The van der Waals surface area contributed by atoms with E-state index in [0.717, 1.165) is 32.6 Å². The van der Waals surface area contributed by atoms with Crippen LogP contribution in [-0.2, 0) is 11.2 Å². The Labute approximate surface area is 169 Å². The summed E-state index contributed by atoms with van der Waals surface area (Å²) < 4.78 is 1.11. The molecule has 29 heavy (non-hydrogen) atoms. The quantitative estimate of drug-likeness (QED) is 0.468. The van der Waals surface area contributed by atoms with Crippen LogP contribution < -0.4 is 5.32 Å². The highest BCUT2D eigenvalue weighted by molar-refractivity contribution is 5.91. The Kier molecular flexibility index (Phi) is 5.04. The van der Waals surface area contributed by atoms with Gasteiger partial charge in [-0.2, -0.15) is 4.73 Å². The number of benzene rings is 3. The first kappa shape index (κ1) is 18.7. The predicted octanol–water partition coefficient (Wildman–Crippen LogP) is 5.13. The van der Waals surface area contributed by atoms with E-state index < -0.39 is 0 Å². The minimum absolute atomic E-state index is 0.0248. The Morgan fingerprint density at radius 1 is 0.966 bits per heavy atom. The number of carbonyl (C=O) groups excluding carboxylic acids is 1. The van der Waals surface area contributed by atoms with Gasteiger partial charge in [-0.05, 0) is 67.8 Å². The maximum atomic E-state index is 12.2. The standard InChI is InChI=1S/C24H23N3O2/c1-16-3-6-18(7-4-16)8-14-23(28)25-20-11-9-19(10-12-20)24-26-21-13-5-17(2)15-22(21)27(24)29/h3-7,9-13,15,29H,8,14H2,1-2H3,(H,25,28). The number of aromatic nitrogens is 2. The maximum Gasteiger partial charge on any atom is 0.224 e. The molecule has 0 bridgehead atoms. The largest absolute Gasteiger partial charge is 0.426 e. The van der Waals surface area contributed by atoms with Crippen molar-refractivity contribution in [2.24, 2.45) is 0 Å². The van der Waals surface area contributed by atoms with E-state index in [0.29, 0.717) is 24.2 Å². The summed E-state index contributed by atoms with van der Waals surface area (Å²) in [5.74, 6) is 0.450. The summed E-state index contributed by atoms with van der Waals surface area (Å²) in [5.41, 5.74) is 6.33. The third-order valence-electron chi connectivity index (χ3n) is 4.97. The number of nitrogens with zero attached hydrogens (tertiary/aromatic N) is 2. The lowest BCUT2D eigenvalue weighted by atomic mass is 10.1. The molecule has 3 aromatic carbocycles. The molecule has 0 aliphatic carbocycles. The molecule has 5 nitrogen and oxygen atoms in total. The zero-order chi connectivity index (χ0) is 20.4. The van der Waals surface area contributed by atoms with Crippen LogP contribution in [0.25, 0.3) is 22.4 Å². The Hall–Kier alpha value is -3.60.